The first-order chi connectivity index (χ1) is 9.93. The van der Waals surface area contributed by atoms with Crippen LogP contribution >= 0.6 is 0 Å². The molecule has 3 N–H and O–H groups in total. The van der Waals surface area contributed by atoms with Gasteiger partial charge in [-0.05, 0) is 18.7 Å². The van der Waals surface area contributed by atoms with E-state index in [2.05, 4.69) is 5.32 Å². The number of nitrogens with two attached hydrogens (primary N) is 1. The van der Waals surface area contributed by atoms with E-state index in [0.29, 0.717) is 30.9 Å². The lowest BCUT2D eigenvalue weighted by molar-refractivity contribution is -0.130. The van der Waals surface area contributed by atoms with Crippen LogP contribution in [0.2, 0.25) is 0 Å². The molecule has 0 aliphatic carbocycles. The SMILES string of the molecule is CCN(CCC(=O)Nc1ccccc1N)CC(=O)N(C)C. The Hall–Kier alpha value is -2.08. The summed E-state index contributed by atoms with van der Waals surface area (Å²) in [5.41, 5.74) is 6.94. The molecule has 0 atom stereocenters. The predicted molar refractivity (Wildman–Crippen MR) is 84.9 cm³/mol. The topological polar surface area (TPSA) is 78.7 Å². The summed E-state index contributed by atoms with van der Waals surface area (Å²) in [5.74, 6) is -0.0757. The molecule has 1 rings (SSSR count). The quantitative estimate of drug-likeness (QED) is 0.735. The van der Waals surface area contributed by atoms with Gasteiger partial charge in [0.15, 0.2) is 0 Å². The van der Waals surface area contributed by atoms with Crippen molar-refractivity contribution in [3.05, 3.63) is 24.3 Å². The second kappa shape index (κ2) is 8.26. The molecule has 1 aromatic rings. The molecular formula is C15H24N4O2. The van der Waals surface area contributed by atoms with Gasteiger partial charge in [0, 0.05) is 27.1 Å². The van der Waals surface area contributed by atoms with Gasteiger partial charge in [0.05, 0.1) is 17.9 Å². The number of benzene rings is 1. The molecule has 0 radical (unpaired) electrons. The van der Waals surface area contributed by atoms with Crippen molar-refractivity contribution in [3.8, 4) is 0 Å². The van der Waals surface area contributed by atoms with Gasteiger partial charge in [0.2, 0.25) is 11.8 Å². The third-order valence-electron chi connectivity index (χ3n) is 3.19. The number of nitrogen functional groups attached to an aromatic ring is 1. The maximum atomic E-state index is 11.9. The average molecular weight is 292 g/mol. The van der Waals surface area contributed by atoms with Crippen molar-refractivity contribution in [2.75, 3.05) is 44.8 Å². The van der Waals surface area contributed by atoms with E-state index in [9.17, 15) is 9.59 Å². The first-order valence-electron chi connectivity index (χ1n) is 7.01. The van der Waals surface area contributed by atoms with E-state index in [1.807, 2.05) is 24.0 Å². The van der Waals surface area contributed by atoms with E-state index in [0.717, 1.165) is 6.54 Å². The highest BCUT2D eigenvalue weighted by Gasteiger charge is 2.12. The molecule has 0 unspecified atom stereocenters. The molecule has 6 heteroatoms. The van der Waals surface area contributed by atoms with Gasteiger partial charge in [-0.3, -0.25) is 14.5 Å². The number of rotatable bonds is 7. The molecule has 0 bridgehead atoms. The molecule has 0 saturated heterocycles. The number of carbonyl (C=O) groups is 2. The maximum Gasteiger partial charge on any atom is 0.236 e. The molecule has 0 spiro atoms. The Kier molecular flexibility index (Phi) is 6.68. The van der Waals surface area contributed by atoms with Crippen molar-refractivity contribution in [3.63, 3.8) is 0 Å². The third kappa shape index (κ3) is 5.83. The van der Waals surface area contributed by atoms with Crippen molar-refractivity contribution >= 4 is 23.2 Å². The van der Waals surface area contributed by atoms with Crippen LogP contribution in [-0.2, 0) is 9.59 Å². The summed E-state index contributed by atoms with van der Waals surface area (Å²) >= 11 is 0. The Balaban J connectivity index is 2.44. The van der Waals surface area contributed by atoms with E-state index in [4.69, 9.17) is 5.73 Å². The molecule has 0 aliphatic heterocycles. The minimum Gasteiger partial charge on any atom is -0.397 e. The number of amides is 2. The summed E-state index contributed by atoms with van der Waals surface area (Å²) in [4.78, 5) is 27.1. The van der Waals surface area contributed by atoms with Crippen molar-refractivity contribution in [1.82, 2.24) is 9.80 Å². The lowest BCUT2D eigenvalue weighted by atomic mass is 10.2. The van der Waals surface area contributed by atoms with Crippen molar-refractivity contribution in [2.24, 2.45) is 0 Å². The molecule has 0 saturated carbocycles. The first-order valence-corrected chi connectivity index (χ1v) is 7.01. The van der Waals surface area contributed by atoms with Gasteiger partial charge >= 0.3 is 0 Å². The van der Waals surface area contributed by atoms with Crippen LogP contribution in [0.25, 0.3) is 0 Å². The fourth-order valence-corrected chi connectivity index (χ4v) is 1.76. The number of anilines is 2. The lowest BCUT2D eigenvalue weighted by Gasteiger charge is -2.21. The van der Waals surface area contributed by atoms with Crippen molar-refractivity contribution in [2.45, 2.75) is 13.3 Å². The molecule has 0 heterocycles. The van der Waals surface area contributed by atoms with Crippen LogP contribution in [0.1, 0.15) is 13.3 Å². The number of carbonyl (C=O) groups excluding carboxylic acids is 2. The van der Waals surface area contributed by atoms with Crippen LogP contribution in [0.15, 0.2) is 24.3 Å². The van der Waals surface area contributed by atoms with Gasteiger partial charge in [-0.2, -0.15) is 0 Å². The zero-order valence-corrected chi connectivity index (χ0v) is 12.9. The normalized spacial score (nSPS) is 10.5. The Bertz CT molecular complexity index is 488. The average Bonchev–Trinajstić information content (AvgIpc) is 2.45. The highest BCUT2D eigenvalue weighted by atomic mass is 16.2. The molecule has 0 fully saturated rings. The highest BCUT2D eigenvalue weighted by molar-refractivity contribution is 5.93. The lowest BCUT2D eigenvalue weighted by Crippen LogP contribution is -2.38. The Morgan fingerprint density at radius 1 is 1.24 bits per heavy atom. The van der Waals surface area contributed by atoms with Crippen LogP contribution in [0.3, 0.4) is 0 Å². The number of nitrogens with one attached hydrogen (secondary N) is 1. The zero-order valence-electron chi connectivity index (χ0n) is 12.9. The largest absolute Gasteiger partial charge is 0.397 e. The summed E-state index contributed by atoms with van der Waals surface area (Å²) in [6, 6.07) is 7.14. The van der Waals surface area contributed by atoms with Crippen LogP contribution in [0, 0.1) is 0 Å². The molecule has 2 amide bonds. The molecule has 1 aromatic carbocycles. The van der Waals surface area contributed by atoms with Crippen LogP contribution < -0.4 is 11.1 Å². The second-order valence-electron chi connectivity index (χ2n) is 5.04. The van der Waals surface area contributed by atoms with Gasteiger partial charge < -0.3 is 16.0 Å². The number of nitrogens with zero attached hydrogens (tertiary/aromatic N) is 2. The van der Waals surface area contributed by atoms with Gasteiger partial charge in [-0.15, -0.1) is 0 Å². The molecule has 6 nitrogen and oxygen atoms in total. The third-order valence-corrected chi connectivity index (χ3v) is 3.19. The molecular weight excluding hydrogens is 268 g/mol. The zero-order chi connectivity index (χ0) is 15.8. The fourth-order valence-electron chi connectivity index (χ4n) is 1.76. The highest BCUT2D eigenvalue weighted by Crippen LogP contribution is 2.16. The summed E-state index contributed by atoms with van der Waals surface area (Å²) < 4.78 is 0. The standard InChI is InChI=1S/C15H24N4O2/c1-4-19(11-15(21)18(2)3)10-9-14(20)17-13-8-6-5-7-12(13)16/h5-8H,4,9-11,16H2,1-3H3,(H,17,20). The van der Waals surface area contributed by atoms with E-state index in [-0.39, 0.29) is 11.8 Å². The van der Waals surface area contributed by atoms with Crippen molar-refractivity contribution < 1.29 is 9.59 Å². The van der Waals surface area contributed by atoms with E-state index < -0.39 is 0 Å². The summed E-state index contributed by atoms with van der Waals surface area (Å²) in [6.45, 7) is 3.55. The van der Waals surface area contributed by atoms with E-state index in [1.54, 1.807) is 31.1 Å². The molecule has 21 heavy (non-hydrogen) atoms. The van der Waals surface area contributed by atoms with Crippen molar-refractivity contribution in [1.29, 1.82) is 0 Å². The van der Waals surface area contributed by atoms with Gasteiger partial charge in [-0.25, -0.2) is 0 Å². The number of likely N-dealkylation sites (N-methyl/N-ethyl adjacent to an activating group) is 2. The number of hydrogen-bond donors (Lipinski definition) is 2. The molecule has 0 aliphatic rings. The van der Waals surface area contributed by atoms with Gasteiger partial charge in [-0.1, -0.05) is 19.1 Å². The van der Waals surface area contributed by atoms with E-state index >= 15 is 0 Å². The summed E-state index contributed by atoms with van der Waals surface area (Å²) in [6.07, 6.45) is 0.322. The summed E-state index contributed by atoms with van der Waals surface area (Å²) in [5, 5.41) is 2.78. The maximum absolute atomic E-state index is 11.9. The first kappa shape index (κ1) is 17.0. The van der Waals surface area contributed by atoms with Gasteiger partial charge in [0.1, 0.15) is 0 Å². The number of hydrogen-bond acceptors (Lipinski definition) is 4. The smallest absolute Gasteiger partial charge is 0.236 e. The minimum atomic E-state index is -0.108. The minimum absolute atomic E-state index is 0.0320. The van der Waals surface area contributed by atoms with Crippen LogP contribution in [-0.4, -0.2) is 55.3 Å². The number of para-hydroxylation sites is 2. The molecule has 116 valence electrons. The predicted octanol–water partition coefficient (Wildman–Crippen LogP) is 1.01. The van der Waals surface area contributed by atoms with E-state index in [1.165, 1.54) is 0 Å². The fraction of sp³-hybridized carbons (Fsp3) is 0.467. The monoisotopic (exact) mass is 292 g/mol. The van der Waals surface area contributed by atoms with Crippen LogP contribution in [0.5, 0.6) is 0 Å². The Labute approximate surface area is 125 Å². The second-order valence-corrected chi connectivity index (χ2v) is 5.04. The Morgan fingerprint density at radius 2 is 1.90 bits per heavy atom. The Morgan fingerprint density at radius 3 is 2.48 bits per heavy atom. The molecule has 0 aromatic heterocycles. The summed E-state index contributed by atoms with van der Waals surface area (Å²) in [7, 11) is 3.45. The van der Waals surface area contributed by atoms with Crippen LogP contribution in [0.4, 0.5) is 11.4 Å². The van der Waals surface area contributed by atoms with Gasteiger partial charge in [0.25, 0.3) is 0 Å².